The Morgan fingerprint density at radius 3 is 1.33 bits per heavy atom. The fourth-order valence-electron chi connectivity index (χ4n) is 14.0. The summed E-state index contributed by atoms with van der Waals surface area (Å²) in [4.78, 5) is 0. The molecule has 3 aromatic rings. The topological polar surface area (TPSA) is 159 Å². The Morgan fingerprint density at radius 1 is 0.635 bits per heavy atom. The predicted molar refractivity (Wildman–Crippen MR) is 380 cm³/mol. The first-order chi connectivity index (χ1) is 40.0. The van der Waals surface area contributed by atoms with E-state index in [1.807, 2.05) is 53.7 Å². The highest BCUT2D eigenvalue weighted by atomic mass is 32.2. The zero-order chi connectivity index (χ0) is 66.1. The number of anilines is 3. The van der Waals surface area contributed by atoms with Gasteiger partial charge >= 0.3 is 7.12 Å². The van der Waals surface area contributed by atoms with E-state index in [1.54, 1.807) is 91.8 Å². The van der Waals surface area contributed by atoms with E-state index in [2.05, 4.69) is 124 Å². The number of allylic oxidation sites excluding steroid dienone is 2. The van der Waals surface area contributed by atoms with Crippen LogP contribution in [0.2, 0.25) is 6.82 Å². The molecule has 0 saturated heterocycles. The summed E-state index contributed by atoms with van der Waals surface area (Å²) in [6.07, 6.45) is 34.4. The van der Waals surface area contributed by atoms with Crippen molar-refractivity contribution in [1.82, 2.24) is 0 Å². The fourth-order valence-corrected chi connectivity index (χ4v) is 15.1. The molecule has 4 unspecified atom stereocenters. The molecule has 0 amide bonds. The van der Waals surface area contributed by atoms with E-state index in [1.165, 1.54) is 70.2 Å². The first-order valence-corrected chi connectivity index (χ1v) is 36.3. The number of hydrogen-bond acceptors (Lipinski definition) is 8. The standard InChI is InChI=1S/C23H40.C11H18.C9H12BNO4S.C9H9NO2S.C8H7N.C3H8.3C2H6.CH3B.CH4S/c1-14-16(12-18-7-9-20(14)22(18,3)4)11-17-13-19-8-10-21(15(17)2)23(19,5)6;1-8-4-5-9-6-7-10(8)11(9,2)3;1-16(14,15)11-9-4-2-8(3-5-9)6-7-10(12)13;1-3-8-4-6-9(7-5-8)10-13(2,11)12;1-2-7-3-5-8(9)6-4-7;1-3-2;5*1-2/h14-21H,7-13H2,1-6H3;4,9-10H,5-7H2,1-3H3;2-7,11-13H,1H3;1,4-7,10H,2H3;1,3-6H,9H2;3H2,1-2H3;3*1-2H3;1H3;2H,1H3/b;;7-6+;;;;;;;;/t14?,15?,16?,17?,18-,19-,20+,21+;9-,10-;;;;;;;;;/m01........./s1. The van der Waals surface area contributed by atoms with Gasteiger partial charge in [0.15, 0.2) is 0 Å². The summed E-state index contributed by atoms with van der Waals surface area (Å²) in [5, 5.41) is 17.2. The lowest BCUT2D eigenvalue weighted by atomic mass is 9.55. The number of nitrogens with one attached hydrogen (secondary N) is 2. The summed E-state index contributed by atoms with van der Waals surface area (Å²) in [6, 6.07) is 20.3. The van der Waals surface area contributed by atoms with Crippen LogP contribution in [0.5, 0.6) is 0 Å². The van der Waals surface area contributed by atoms with Crippen LogP contribution in [0.3, 0.4) is 0 Å². The molecule has 0 spiro atoms. The largest absolute Gasteiger partial charge is 0.480 e. The molecule has 0 aliphatic heterocycles. The van der Waals surface area contributed by atoms with E-state index in [9.17, 15) is 16.8 Å². The van der Waals surface area contributed by atoms with Gasteiger partial charge in [0, 0.05) is 28.2 Å². The third-order valence-electron chi connectivity index (χ3n) is 18.3. The van der Waals surface area contributed by atoms with Crippen LogP contribution in [0, 0.1) is 100 Å². The molecule has 9 rings (SSSR count). The maximum atomic E-state index is 10.9. The van der Waals surface area contributed by atoms with Gasteiger partial charge in [0.1, 0.15) is 0 Å². The van der Waals surface area contributed by atoms with Crippen LogP contribution in [-0.4, -0.2) is 60.6 Å². The molecule has 0 aromatic heterocycles. The molecule has 478 valence electrons. The summed E-state index contributed by atoms with van der Waals surface area (Å²) in [5.41, 5.74) is 13.0. The van der Waals surface area contributed by atoms with Crippen molar-refractivity contribution < 1.29 is 26.9 Å². The number of rotatable bonds is 8. The van der Waals surface area contributed by atoms with Gasteiger partial charge in [0.05, 0.1) is 20.4 Å². The van der Waals surface area contributed by atoms with Crippen molar-refractivity contribution in [3.8, 4) is 24.7 Å². The van der Waals surface area contributed by atoms with Crippen LogP contribution in [0.4, 0.5) is 17.1 Å². The van der Waals surface area contributed by atoms with Crippen LogP contribution in [0.1, 0.15) is 205 Å². The third-order valence-corrected chi connectivity index (χ3v) is 19.6. The van der Waals surface area contributed by atoms with Crippen molar-refractivity contribution in [2.45, 2.75) is 195 Å². The predicted octanol–water partition coefficient (Wildman–Crippen LogP) is 17.8. The number of hydrogen-bond donors (Lipinski definition) is 6. The van der Waals surface area contributed by atoms with E-state index in [-0.39, 0.29) is 0 Å². The zero-order valence-corrected chi connectivity index (χ0v) is 59.4. The molecule has 10 atom stereocenters. The number of fused-ring (bicyclic) bond motifs is 6. The van der Waals surface area contributed by atoms with Gasteiger partial charge in [-0.2, -0.15) is 12.6 Å². The highest BCUT2D eigenvalue weighted by Gasteiger charge is 2.55. The number of thiol groups is 1. The maximum Gasteiger partial charge on any atom is 0.480 e. The van der Waals surface area contributed by atoms with Gasteiger partial charge in [-0.1, -0.05) is 172 Å². The molecule has 5 fully saturated rings. The molecule has 6 aliphatic carbocycles. The van der Waals surface area contributed by atoms with Crippen molar-refractivity contribution in [3.63, 3.8) is 0 Å². The second-order valence-corrected chi connectivity index (χ2v) is 28.0. The van der Waals surface area contributed by atoms with E-state index in [4.69, 9.17) is 28.6 Å². The van der Waals surface area contributed by atoms with Crippen molar-refractivity contribution in [3.05, 3.63) is 107 Å². The Morgan fingerprint density at radius 2 is 0.988 bits per heavy atom. The minimum atomic E-state index is -3.26. The highest BCUT2D eigenvalue weighted by molar-refractivity contribution is 7.92. The quantitative estimate of drug-likeness (QED) is 0.0431. The molecule has 85 heavy (non-hydrogen) atoms. The van der Waals surface area contributed by atoms with Gasteiger partial charge in [-0.3, -0.25) is 9.44 Å². The molecule has 5 saturated carbocycles. The molecule has 3 aromatic carbocycles. The van der Waals surface area contributed by atoms with Gasteiger partial charge in [-0.05, 0) is 219 Å². The van der Waals surface area contributed by atoms with Gasteiger partial charge in [-0.25, -0.2) is 16.8 Å². The second kappa shape index (κ2) is 41.2. The van der Waals surface area contributed by atoms with Crippen molar-refractivity contribution in [1.29, 1.82) is 0 Å². The molecule has 6 bridgehead atoms. The Hall–Kier alpha value is -4.04. The molecule has 2 radical (unpaired) electrons. The molecule has 14 heteroatoms. The van der Waals surface area contributed by atoms with E-state index in [0.29, 0.717) is 27.6 Å². The van der Waals surface area contributed by atoms with E-state index < -0.39 is 27.2 Å². The average Bonchev–Trinajstić information content (AvgIpc) is 2.24. The van der Waals surface area contributed by atoms with Crippen molar-refractivity contribution in [2.24, 2.45) is 75.4 Å². The Balaban J connectivity index is 0. The minimum Gasteiger partial charge on any atom is -0.424 e. The lowest BCUT2D eigenvalue weighted by molar-refractivity contribution is -0.0145. The summed E-state index contributed by atoms with van der Waals surface area (Å²) in [5.74, 6) is 16.1. The Bertz CT molecular complexity index is 2620. The van der Waals surface area contributed by atoms with Crippen molar-refractivity contribution >= 4 is 70.8 Å². The number of terminal acetylenes is 2. The van der Waals surface area contributed by atoms with E-state index in [0.717, 1.165) is 94.1 Å². The zero-order valence-electron chi connectivity index (χ0n) is 56.9. The van der Waals surface area contributed by atoms with E-state index >= 15 is 0 Å². The minimum absolute atomic E-state index is 0.462. The van der Waals surface area contributed by atoms with Crippen LogP contribution in [-0.2, 0) is 20.0 Å². The summed E-state index contributed by atoms with van der Waals surface area (Å²) in [6.45, 7) is 40.5. The summed E-state index contributed by atoms with van der Waals surface area (Å²) < 4.78 is 48.1. The molecule has 6 aliphatic rings. The van der Waals surface area contributed by atoms with Gasteiger partial charge in [0.2, 0.25) is 20.0 Å². The van der Waals surface area contributed by atoms with Gasteiger partial charge in [0.25, 0.3) is 0 Å². The number of sulfonamides is 2. The van der Waals surface area contributed by atoms with Gasteiger partial charge in [-0.15, -0.1) is 12.8 Å². The first-order valence-electron chi connectivity index (χ1n) is 31.6. The smallest absolute Gasteiger partial charge is 0.424 e. The highest BCUT2D eigenvalue weighted by Crippen LogP contribution is 2.63. The first kappa shape index (κ1) is 83.0. The maximum absolute atomic E-state index is 10.9. The number of benzene rings is 3. The van der Waals surface area contributed by atoms with Crippen LogP contribution in [0.25, 0.3) is 6.08 Å². The molecule has 6 N–H and O–H groups in total. The molecule has 9 nitrogen and oxygen atoms in total. The molecular formula is C71H119B2N3O6S3. The lowest BCUT2D eigenvalue weighted by Crippen LogP contribution is -2.43. The Kier molecular flexibility index (Phi) is 40.3. The van der Waals surface area contributed by atoms with Crippen LogP contribution < -0.4 is 15.2 Å². The Labute approximate surface area is 530 Å². The summed E-state index contributed by atoms with van der Waals surface area (Å²) in [7, 11) is -3.45. The van der Waals surface area contributed by atoms with Crippen LogP contribution >= 0.6 is 12.6 Å². The third kappa shape index (κ3) is 27.5. The normalized spacial score (nSPS) is 24.9. The fraction of sp³-hybridized carbons (Fsp3) is 0.634. The number of nitrogens with two attached hydrogens (primary N) is 1. The summed E-state index contributed by atoms with van der Waals surface area (Å²) >= 11 is 3.53. The lowest BCUT2D eigenvalue weighted by Gasteiger charge is -2.50. The second-order valence-electron chi connectivity index (χ2n) is 24.5. The van der Waals surface area contributed by atoms with Gasteiger partial charge < -0.3 is 15.8 Å². The molecule has 0 heterocycles. The average molecular weight is 1230 g/mol. The SMILES string of the molecule is C#Cc1ccc(N)cc1.C#Cc1ccc(NS(C)(=O)=O)cc1.CC.CC.CC.CC1=CC[C@@H]2CC[C@H]1C2(C)C.CC1C(CC2C[C@@H]3CC[C@H](C2C)C3(C)C)C[C@@H]2CC[C@H]1C2(C)C.CCC.CS.CS(=O)(=O)Nc1ccc(/C=C/B(O)O)cc1.[B]C. The van der Waals surface area contributed by atoms with Crippen molar-refractivity contribution in [2.75, 3.05) is 33.9 Å². The van der Waals surface area contributed by atoms with Crippen LogP contribution in [0.15, 0.2) is 90.4 Å². The molecular weight excluding hydrogens is 1110 g/mol. The number of nitrogen functional groups attached to an aromatic ring is 1. The monoisotopic (exact) mass is 1230 g/mol.